The van der Waals surface area contributed by atoms with Crippen LogP contribution in [0.3, 0.4) is 0 Å². The van der Waals surface area contributed by atoms with E-state index in [1.54, 1.807) is 21.9 Å². The van der Waals surface area contributed by atoms with E-state index in [1.165, 1.54) is 12.5 Å². The standard InChI is InChI=1S/C21H19F4N3O.C5H4F3N3O/c22-18-9-16-14(6-7-28(20(16)29)12-13-4-2-1-3-5-13)8-17(18)19-26-10-15(11-27-19)21(23,24)25;6-5(7,8)3-2(9)1-10-11-4(3)12/h6-11,13H,1-5,12H2;1H,(H3,9,11,12). The van der Waals surface area contributed by atoms with E-state index in [-0.39, 0.29) is 22.3 Å². The van der Waals surface area contributed by atoms with Gasteiger partial charge in [0.05, 0.1) is 28.4 Å². The van der Waals surface area contributed by atoms with Crippen LogP contribution in [-0.2, 0) is 18.9 Å². The van der Waals surface area contributed by atoms with Gasteiger partial charge in [0.25, 0.3) is 11.1 Å². The lowest BCUT2D eigenvalue weighted by molar-refractivity contribution is -0.138. The molecular weight excluding hydrogens is 561 g/mol. The highest BCUT2D eigenvalue weighted by Gasteiger charge is 2.36. The molecule has 3 heterocycles. The summed E-state index contributed by atoms with van der Waals surface area (Å²) in [5.41, 5.74) is 0.171. The van der Waals surface area contributed by atoms with Crippen molar-refractivity contribution in [2.24, 2.45) is 5.92 Å². The van der Waals surface area contributed by atoms with Crippen LogP contribution in [-0.4, -0.2) is 24.7 Å². The van der Waals surface area contributed by atoms with Gasteiger partial charge in [-0.2, -0.15) is 31.4 Å². The predicted molar refractivity (Wildman–Crippen MR) is 135 cm³/mol. The number of aromatic nitrogens is 5. The number of hydrogen-bond donors (Lipinski definition) is 2. The molecule has 0 amide bonds. The zero-order valence-electron chi connectivity index (χ0n) is 21.2. The van der Waals surface area contributed by atoms with Gasteiger partial charge in [-0.25, -0.2) is 19.5 Å². The number of nitrogens with one attached hydrogen (secondary N) is 1. The average Bonchev–Trinajstić information content (AvgIpc) is 2.90. The Balaban J connectivity index is 0.000000271. The number of hydrogen-bond acceptors (Lipinski definition) is 6. The first-order valence-corrected chi connectivity index (χ1v) is 12.4. The molecule has 1 aliphatic rings. The van der Waals surface area contributed by atoms with Gasteiger partial charge >= 0.3 is 12.4 Å². The predicted octanol–water partition coefficient (Wildman–Crippen LogP) is 5.57. The van der Waals surface area contributed by atoms with E-state index in [9.17, 15) is 40.3 Å². The molecule has 0 saturated heterocycles. The van der Waals surface area contributed by atoms with E-state index >= 15 is 0 Å². The molecule has 0 atom stereocenters. The molecular formula is C26H23F7N6O2. The highest BCUT2D eigenvalue weighted by Crippen LogP contribution is 2.31. The van der Waals surface area contributed by atoms with Crippen LogP contribution >= 0.6 is 0 Å². The van der Waals surface area contributed by atoms with Crippen LogP contribution in [0.4, 0.5) is 36.4 Å². The molecule has 3 aromatic heterocycles. The largest absolute Gasteiger partial charge is 0.423 e. The van der Waals surface area contributed by atoms with E-state index in [0.29, 0.717) is 30.2 Å². The highest BCUT2D eigenvalue weighted by atomic mass is 19.4. The molecule has 1 saturated carbocycles. The molecule has 1 aliphatic carbocycles. The average molecular weight is 584 g/mol. The minimum Gasteiger partial charge on any atom is -0.397 e. The van der Waals surface area contributed by atoms with Gasteiger partial charge < -0.3 is 10.3 Å². The Morgan fingerprint density at radius 2 is 1.61 bits per heavy atom. The Bertz CT molecular complexity index is 1640. The Morgan fingerprint density at radius 1 is 0.951 bits per heavy atom. The van der Waals surface area contributed by atoms with Crippen molar-refractivity contribution < 1.29 is 30.7 Å². The number of anilines is 1. The summed E-state index contributed by atoms with van der Waals surface area (Å²) in [5.74, 6) is -0.461. The van der Waals surface area contributed by atoms with Crippen LogP contribution in [0.25, 0.3) is 22.2 Å². The second kappa shape index (κ2) is 11.7. The summed E-state index contributed by atoms with van der Waals surface area (Å²) in [7, 11) is 0. The lowest BCUT2D eigenvalue weighted by Crippen LogP contribution is -2.24. The maximum absolute atomic E-state index is 14.7. The molecule has 0 bridgehead atoms. The zero-order valence-corrected chi connectivity index (χ0v) is 21.2. The fourth-order valence-electron chi connectivity index (χ4n) is 4.59. The second-order valence-electron chi connectivity index (χ2n) is 9.52. The fourth-order valence-corrected chi connectivity index (χ4v) is 4.59. The Hall–Kier alpha value is -4.30. The summed E-state index contributed by atoms with van der Waals surface area (Å²) in [6, 6.07) is 4.23. The van der Waals surface area contributed by atoms with E-state index in [2.05, 4.69) is 15.1 Å². The Kier molecular flexibility index (Phi) is 8.44. The van der Waals surface area contributed by atoms with Gasteiger partial charge in [0.2, 0.25) is 0 Å². The summed E-state index contributed by atoms with van der Waals surface area (Å²) in [5, 5.41) is 5.47. The van der Waals surface area contributed by atoms with Crippen molar-refractivity contribution in [1.82, 2.24) is 24.7 Å². The molecule has 5 rings (SSSR count). The van der Waals surface area contributed by atoms with Crippen molar-refractivity contribution >= 4 is 16.5 Å². The molecule has 0 radical (unpaired) electrons. The molecule has 0 aliphatic heterocycles. The summed E-state index contributed by atoms with van der Waals surface area (Å²) < 4.78 is 90.2. The quantitative estimate of drug-likeness (QED) is 0.304. The number of pyridine rings is 1. The third-order valence-corrected chi connectivity index (χ3v) is 6.63. The number of nitrogen functional groups attached to an aromatic ring is 1. The van der Waals surface area contributed by atoms with Crippen molar-refractivity contribution in [1.29, 1.82) is 0 Å². The molecule has 0 spiro atoms. The van der Waals surface area contributed by atoms with Gasteiger partial charge in [0, 0.05) is 25.1 Å². The zero-order chi connectivity index (χ0) is 29.9. The maximum atomic E-state index is 14.7. The van der Waals surface area contributed by atoms with Crippen LogP contribution in [0, 0.1) is 11.7 Å². The fraction of sp³-hybridized carbons (Fsp3) is 0.346. The van der Waals surface area contributed by atoms with Crippen molar-refractivity contribution in [2.45, 2.75) is 51.0 Å². The summed E-state index contributed by atoms with van der Waals surface area (Å²) in [6.07, 6.45) is 0.0942. The van der Waals surface area contributed by atoms with Gasteiger partial charge in [0.1, 0.15) is 11.4 Å². The first kappa shape index (κ1) is 29.7. The van der Waals surface area contributed by atoms with Crippen molar-refractivity contribution in [3.8, 4) is 11.4 Å². The maximum Gasteiger partial charge on any atom is 0.423 e. The summed E-state index contributed by atoms with van der Waals surface area (Å²) in [4.78, 5) is 30.7. The topological polar surface area (TPSA) is 120 Å². The minimum absolute atomic E-state index is 0.0457. The molecule has 218 valence electrons. The Labute approximate surface area is 227 Å². The van der Waals surface area contributed by atoms with Crippen LogP contribution < -0.4 is 16.9 Å². The van der Waals surface area contributed by atoms with Crippen molar-refractivity contribution in [3.05, 3.63) is 80.6 Å². The van der Waals surface area contributed by atoms with Crippen molar-refractivity contribution in [2.75, 3.05) is 5.73 Å². The Morgan fingerprint density at radius 3 is 2.17 bits per heavy atom. The van der Waals surface area contributed by atoms with E-state index in [4.69, 9.17) is 5.73 Å². The lowest BCUT2D eigenvalue weighted by atomic mass is 9.89. The number of fused-ring (bicyclic) bond motifs is 1. The number of nitrogens with zero attached hydrogens (tertiary/aromatic N) is 4. The van der Waals surface area contributed by atoms with Gasteiger partial charge in [-0.15, -0.1) is 0 Å². The van der Waals surface area contributed by atoms with Crippen LogP contribution in [0.1, 0.15) is 43.2 Å². The van der Waals surface area contributed by atoms with Gasteiger partial charge in [-0.05, 0) is 42.3 Å². The van der Waals surface area contributed by atoms with Gasteiger partial charge in [0.15, 0.2) is 5.82 Å². The van der Waals surface area contributed by atoms with Gasteiger partial charge in [-0.3, -0.25) is 9.59 Å². The van der Waals surface area contributed by atoms with Crippen molar-refractivity contribution in [3.63, 3.8) is 0 Å². The molecule has 1 aromatic carbocycles. The third kappa shape index (κ3) is 6.89. The number of H-pyrrole nitrogens is 1. The molecule has 3 N–H and O–H groups in total. The highest BCUT2D eigenvalue weighted by molar-refractivity contribution is 5.86. The normalized spacial score (nSPS) is 14.5. The summed E-state index contributed by atoms with van der Waals surface area (Å²) >= 11 is 0. The first-order chi connectivity index (χ1) is 19.3. The first-order valence-electron chi connectivity index (χ1n) is 12.4. The molecule has 8 nitrogen and oxygen atoms in total. The molecule has 0 unspecified atom stereocenters. The number of rotatable bonds is 3. The monoisotopic (exact) mass is 584 g/mol. The smallest absolute Gasteiger partial charge is 0.397 e. The number of nitrogens with two attached hydrogens (primary N) is 1. The molecule has 15 heteroatoms. The number of alkyl halides is 6. The van der Waals surface area contributed by atoms with E-state index in [0.717, 1.165) is 37.9 Å². The van der Waals surface area contributed by atoms with Gasteiger partial charge in [-0.1, -0.05) is 19.3 Å². The molecule has 41 heavy (non-hydrogen) atoms. The second-order valence-corrected chi connectivity index (χ2v) is 9.52. The number of benzene rings is 1. The minimum atomic E-state index is -4.74. The van der Waals surface area contributed by atoms with Crippen LogP contribution in [0.15, 0.2) is 52.6 Å². The number of aromatic amines is 1. The van der Waals surface area contributed by atoms with Crippen LogP contribution in [0.2, 0.25) is 0 Å². The lowest BCUT2D eigenvalue weighted by Gasteiger charge is -2.22. The van der Waals surface area contributed by atoms with E-state index < -0.39 is 40.5 Å². The third-order valence-electron chi connectivity index (χ3n) is 6.63. The molecule has 1 fully saturated rings. The molecule has 4 aromatic rings. The summed E-state index contributed by atoms with van der Waals surface area (Å²) in [6.45, 7) is 0.611. The number of halogens is 7. The van der Waals surface area contributed by atoms with E-state index in [1.807, 2.05) is 0 Å². The SMILES string of the molecule is Nc1cn[nH]c(=O)c1C(F)(F)F.O=c1c2cc(F)c(-c3ncc(C(F)(F)F)cn3)cc2ccn1CC1CCCCC1. The van der Waals surface area contributed by atoms with Crippen LogP contribution in [0.5, 0.6) is 0 Å².